The van der Waals surface area contributed by atoms with Crippen molar-refractivity contribution >= 4 is 0 Å². The smallest absolute Gasteiger partial charge is 0.131 e. The van der Waals surface area contributed by atoms with Crippen molar-refractivity contribution in [3.05, 3.63) is 53.8 Å². The minimum Gasteiger partial charge on any atom is -0.494 e. The zero-order valence-electron chi connectivity index (χ0n) is 21.5. The van der Waals surface area contributed by atoms with Gasteiger partial charge in [-0.05, 0) is 54.5 Å². The molecule has 0 bridgehead atoms. The number of rotatable bonds is 18. The Morgan fingerprint density at radius 3 is 2.12 bits per heavy atom. The summed E-state index contributed by atoms with van der Waals surface area (Å²) in [6, 6.07) is 13.6. The number of unbranched alkanes of at least 4 members (excludes halogenated alkanes) is 8. The van der Waals surface area contributed by atoms with Gasteiger partial charge in [0.25, 0.3) is 0 Å². The van der Waals surface area contributed by atoms with Crippen molar-refractivity contribution in [2.45, 2.75) is 111 Å². The van der Waals surface area contributed by atoms with E-state index in [0.717, 1.165) is 48.7 Å². The summed E-state index contributed by atoms with van der Waals surface area (Å²) in [7, 11) is 0. The lowest BCUT2D eigenvalue weighted by molar-refractivity contribution is 0.302. The molecule has 0 aliphatic carbocycles. The molecule has 0 radical (unpaired) electrons. The number of hydrogen-bond donors (Lipinski definition) is 0. The van der Waals surface area contributed by atoms with Crippen LogP contribution < -0.4 is 4.74 Å². The van der Waals surface area contributed by atoms with Crippen LogP contribution in [0.5, 0.6) is 5.75 Å². The van der Waals surface area contributed by atoms with Gasteiger partial charge < -0.3 is 4.74 Å². The molecule has 2 heteroatoms. The van der Waals surface area contributed by atoms with Crippen LogP contribution in [-0.2, 0) is 6.42 Å². The van der Waals surface area contributed by atoms with Crippen molar-refractivity contribution in [1.29, 1.82) is 0 Å². The highest BCUT2D eigenvalue weighted by Gasteiger charge is 2.07. The molecule has 184 valence electrons. The summed E-state index contributed by atoms with van der Waals surface area (Å²) in [5, 5.41) is 0. The van der Waals surface area contributed by atoms with Crippen LogP contribution in [0.2, 0.25) is 0 Å². The zero-order chi connectivity index (χ0) is 23.7. The molecule has 33 heavy (non-hydrogen) atoms. The van der Waals surface area contributed by atoms with Crippen molar-refractivity contribution in [2.75, 3.05) is 6.61 Å². The average Bonchev–Trinajstić information content (AvgIpc) is 2.81. The number of hydrogen-bond acceptors (Lipinski definition) is 1. The van der Waals surface area contributed by atoms with E-state index in [4.69, 9.17) is 4.74 Å². The Kier molecular flexibility index (Phi) is 13.9. The molecule has 0 fully saturated rings. The second-order valence-corrected chi connectivity index (χ2v) is 9.80. The summed E-state index contributed by atoms with van der Waals surface area (Å²) in [5.41, 5.74) is 2.69. The predicted molar refractivity (Wildman–Crippen MR) is 142 cm³/mol. The summed E-state index contributed by atoms with van der Waals surface area (Å²) < 4.78 is 20.6. The molecule has 0 saturated carbocycles. The summed E-state index contributed by atoms with van der Waals surface area (Å²) in [6.07, 6.45) is 17.5. The van der Waals surface area contributed by atoms with Crippen LogP contribution in [0.15, 0.2) is 42.5 Å². The lowest BCUT2D eigenvalue weighted by Crippen LogP contribution is -1.99. The van der Waals surface area contributed by atoms with Crippen LogP contribution in [0.1, 0.15) is 110 Å². The SMILES string of the molecule is CCCCCCCCCc1ccc(-c2ccc(OCCCCCC(C)CCC)cc2)c(F)c1. The number of halogens is 1. The van der Waals surface area contributed by atoms with Gasteiger partial charge in [-0.15, -0.1) is 0 Å². The maximum absolute atomic E-state index is 14.7. The highest BCUT2D eigenvalue weighted by molar-refractivity contribution is 5.65. The highest BCUT2D eigenvalue weighted by atomic mass is 19.1. The van der Waals surface area contributed by atoms with Gasteiger partial charge >= 0.3 is 0 Å². The van der Waals surface area contributed by atoms with Gasteiger partial charge in [0.1, 0.15) is 11.6 Å². The molecule has 0 heterocycles. The lowest BCUT2D eigenvalue weighted by Gasteiger charge is -2.11. The van der Waals surface area contributed by atoms with E-state index in [1.807, 2.05) is 30.3 Å². The van der Waals surface area contributed by atoms with Crippen molar-refractivity contribution in [2.24, 2.45) is 5.92 Å². The Morgan fingerprint density at radius 1 is 0.727 bits per heavy atom. The van der Waals surface area contributed by atoms with Gasteiger partial charge in [0.15, 0.2) is 0 Å². The quantitative estimate of drug-likeness (QED) is 0.204. The Hall–Kier alpha value is -1.83. The molecule has 2 rings (SSSR count). The molecule has 0 aliphatic rings. The predicted octanol–water partition coefficient (Wildman–Crippen LogP) is 10.2. The van der Waals surface area contributed by atoms with E-state index in [-0.39, 0.29) is 5.82 Å². The maximum atomic E-state index is 14.7. The third-order valence-corrected chi connectivity index (χ3v) is 6.66. The van der Waals surface area contributed by atoms with Gasteiger partial charge in [-0.25, -0.2) is 4.39 Å². The molecule has 1 atom stereocenters. The molecule has 0 amide bonds. The van der Waals surface area contributed by atoms with Crippen molar-refractivity contribution in [1.82, 2.24) is 0 Å². The van der Waals surface area contributed by atoms with Crippen LogP contribution in [0.3, 0.4) is 0 Å². The molecule has 0 aliphatic heterocycles. The van der Waals surface area contributed by atoms with Gasteiger partial charge in [-0.1, -0.05) is 116 Å². The monoisotopic (exact) mass is 454 g/mol. The summed E-state index contributed by atoms with van der Waals surface area (Å²) in [5.74, 6) is 1.59. The topological polar surface area (TPSA) is 9.23 Å². The molecule has 0 spiro atoms. The minimum atomic E-state index is -0.124. The Labute approximate surface area is 203 Å². The van der Waals surface area contributed by atoms with Crippen molar-refractivity contribution in [3.8, 4) is 16.9 Å². The number of benzene rings is 2. The first-order valence-electron chi connectivity index (χ1n) is 13.7. The van der Waals surface area contributed by atoms with Crippen LogP contribution in [0.25, 0.3) is 11.1 Å². The Bertz CT molecular complexity index is 752. The van der Waals surface area contributed by atoms with E-state index in [9.17, 15) is 4.39 Å². The largest absolute Gasteiger partial charge is 0.494 e. The summed E-state index contributed by atoms with van der Waals surface area (Å²) in [4.78, 5) is 0. The van der Waals surface area contributed by atoms with Crippen LogP contribution >= 0.6 is 0 Å². The highest BCUT2D eigenvalue weighted by Crippen LogP contribution is 2.26. The van der Waals surface area contributed by atoms with Crippen LogP contribution in [0.4, 0.5) is 4.39 Å². The van der Waals surface area contributed by atoms with E-state index >= 15 is 0 Å². The molecule has 1 nitrogen and oxygen atoms in total. The van der Waals surface area contributed by atoms with E-state index in [0.29, 0.717) is 5.56 Å². The molecular weight excluding hydrogens is 407 g/mol. The molecule has 2 aromatic carbocycles. The molecule has 1 unspecified atom stereocenters. The first kappa shape index (κ1) is 27.4. The third kappa shape index (κ3) is 11.2. The first-order chi connectivity index (χ1) is 16.1. The first-order valence-corrected chi connectivity index (χ1v) is 13.7. The lowest BCUT2D eigenvalue weighted by atomic mass is 9.99. The fraction of sp³-hybridized carbons (Fsp3) is 0.613. The standard InChI is InChI=1S/C31H47FO/c1-4-6-7-8-9-10-13-17-27-18-23-30(31(32)25-27)28-19-21-29(22-20-28)33-24-14-11-12-16-26(3)15-5-2/h18-23,25-26H,4-17,24H2,1-3H3. The van der Waals surface area contributed by atoms with Crippen molar-refractivity contribution in [3.63, 3.8) is 0 Å². The number of ether oxygens (including phenoxy) is 1. The van der Waals surface area contributed by atoms with Gasteiger partial charge in [0, 0.05) is 5.56 Å². The normalized spacial score (nSPS) is 12.1. The van der Waals surface area contributed by atoms with E-state index in [1.165, 1.54) is 70.6 Å². The van der Waals surface area contributed by atoms with E-state index in [2.05, 4.69) is 26.8 Å². The fourth-order valence-electron chi connectivity index (χ4n) is 4.56. The third-order valence-electron chi connectivity index (χ3n) is 6.66. The molecular formula is C31H47FO. The summed E-state index contributed by atoms with van der Waals surface area (Å²) >= 11 is 0. The Morgan fingerprint density at radius 2 is 1.42 bits per heavy atom. The van der Waals surface area contributed by atoms with Gasteiger partial charge in [0.05, 0.1) is 6.61 Å². The van der Waals surface area contributed by atoms with Crippen molar-refractivity contribution < 1.29 is 9.13 Å². The van der Waals surface area contributed by atoms with Gasteiger partial charge in [-0.3, -0.25) is 0 Å². The van der Waals surface area contributed by atoms with E-state index in [1.54, 1.807) is 6.07 Å². The fourth-order valence-corrected chi connectivity index (χ4v) is 4.56. The molecule has 0 aromatic heterocycles. The number of aryl methyl sites for hydroxylation is 1. The zero-order valence-corrected chi connectivity index (χ0v) is 21.5. The van der Waals surface area contributed by atoms with Crippen LogP contribution in [-0.4, -0.2) is 6.61 Å². The molecule has 0 saturated heterocycles. The molecule has 0 N–H and O–H groups in total. The second kappa shape index (κ2) is 16.7. The summed E-state index contributed by atoms with van der Waals surface area (Å²) in [6.45, 7) is 7.62. The van der Waals surface area contributed by atoms with Gasteiger partial charge in [0.2, 0.25) is 0 Å². The Balaban J connectivity index is 1.70. The van der Waals surface area contributed by atoms with Gasteiger partial charge in [-0.2, -0.15) is 0 Å². The van der Waals surface area contributed by atoms with E-state index < -0.39 is 0 Å². The second-order valence-electron chi connectivity index (χ2n) is 9.80. The maximum Gasteiger partial charge on any atom is 0.131 e. The minimum absolute atomic E-state index is 0.124. The average molecular weight is 455 g/mol. The van der Waals surface area contributed by atoms with Crippen LogP contribution in [0, 0.1) is 11.7 Å². The molecule has 2 aromatic rings.